The van der Waals surface area contributed by atoms with Crippen molar-refractivity contribution in [1.29, 1.82) is 0 Å². The Hall–Kier alpha value is -1.55. The van der Waals surface area contributed by atoms with Gasteiger partial charge in [-0.25, -0.2) is 4.79 Å². The van der Waals surface area contributed by atoms with E-state index in [1.807, 2.05) is 39.0 Å². The Morgan fingerprint density at radius 1 is 1.40 bits per heavy atom. The Kier molecular flexibility index (Phi) is 4.33. The zero-order valence-electron chi connectivity index (χ0n) is 12.3. The Balaban J connectivity index is 1.82. The molecule has 20 heavy (non-hydrogen) atoms. The van der Waals surface area contributed by atoms with Gasteiger partial charge in [-0.2, -0.15) is 0 Å². The lowest BCUT2D eigenvalue weighted by Gasteiger charge is -2.19. The number of aliphatic hydroxyl groups excluding tert-OH is 1. The van der Waals surface area contributed by atoms with Crippen molar-refractivity contribution in [2.45, 2.75) is 45.3 Å². The zero-order chi connectivity index (χ0) is 14.8. The Morgan fingerprint density at radius 3 is 2.75 bits per heavy atom. The predicted molar refractivity (Wildman–Crippen MR) is 77.4 cm³/mol. The van der Waals surface area contributed by atoms with E-state index in [0.717, 1.165) is 12.0 Å². The molecule has 0 bridgehead atoms. The summed E-state index contributed by atoms with van der Waals surface area (Å²) in [6, 6.07) is 7.94. The number of nitrogens with one attached hydrogen (secondary N) is 1. The summed E-state index contributed by atoms with van der Waals surface area (Å²) in [6.07, 6.45) is 0.686. The number of ether oxygens (including phenoxy) is 1. The van der Waals surface area contributed by atoms with Crippen molar-refractivity contribution in [2.75, 3.05) is 6.54 Å². The van der Waals surface area contributed by atoms with E-state index in [-0.39, 0.29) is 12.7 Å². The van der Waals surface area contributed by atoms with Crippen molar-refractivity contribution in [2.24, 2.45) is 5.92 Å². The number of hydrogen-bond acceptors (Lipinski definition) is 3. The summed E-state index contributed by atoms with van der Waals surface area (Å²) in [7, 11) is 0. The smallest absolute Gasteiger partial charge is 0.407 e. The average molecular weight is 277 g/mol. The summed E-state index contributed by atoms with van der Waals surface area (Å²) in [5, 5.41) is 12.2. The molecular weight excluding hydrogens is 254 g/mol. The molecular formula is C16H23NO3. The number of hydrogen-bond donors (Lipinski definition) is 2. The molecule has 0 aromatic heterocycles. The van der Waals surface area contributed by atoms with Gasteiger partial charge in [0.25, 0.3) is 0 Å². The number of rotatable bonds is 4. The predicted octanol–water partition coefficient (Wildman–Crippen LogP) is 2.81. The van der Waals surface area contributed by atoms with Crippen molar-refractivity contribution in [3.8, 4) is 0 Å². The molecule has 0 saturated heterocycles. The first-order valence-electron chi connectivity index (χ1n) is 7.06. The lowest BCUT2D eigenvalue weighted by molar-refractivity contribution is 0.0525. The van der Waals surface area contributed by atoms with Crippen LogP contribution in [-0.4, -0.2) is 23.3 Å². The van der Waals surface area contributed by atoms with E-state index in [9.17, 15) is 9.90 Å². The molecule has 1 aliphatic carbocycles. The third-order valence-electron chi connectivity index (χ3n) is 3.45. The van der Waals surface area contributed by atoms with Crippen LogP contribution in [0.3, 0.4) is 0 Å². The molecule has 1 amide bonds. The minimum Gasteiger partial charge on any atom is -0.444 e. The summed E-state index contributed by atoms with van der Waals surface area (Å²) in [6.45, 7) is 6.25. The van der Waals surface area contributed by atoms with Crippen LogP contribution in [0.15, 0.2) is 24.3 Å². The molecule has 1 fully saturated rings. The van der Waals surface area contributed by atoms with Crippen molar-refractivity contribution < 1.29 is 14.6 Å². The van der Waals surface area contributed by atoms with Gasteiger partial charge in [-0.3, -0.25) is 0 Å². The first-order valence-corrected chi connectivity index (χ1v) is 7.06. The van der Waals surface area contributed by atoms with E-state index in [4.69, 9.17) is 4.74 Å². The van der Waals surface area contributed by atoms with Crippen LogP contribution in [0.4, 0.5) is 4.79 Å². The number of aliphatic hydroxyl groups is 1. The van der Waals surface area contributed by atoms with Gasteiger partial charge in [-0.05, 0) is 50.2 Å². The molecule has 0 heterocycles. The standard InChI is InChI=1S/C16H23NO3/c1-16(2,3)20-15(19)17-9-12-8-14(12)13-7-5-4-6-11(13)10-18/h4-7,12,14,18H,8-10H2,1-3H3,(H,17,19). The molecule has 1 saturated carbocycles. The molecule has 2 N–H and O–H groups in total. The molecule has 1 aromatic rings. The first-order chi connectivity index (χ1) is 9.40. The van der Waals surface area contributed by atoms with E-state index >= 15 is 0 Å². The van der Waals surface area contributed by atoms with Crippen LogP contribution < -0.4 is 5.32 Å². The van der Waals surface area contributed by atoms with Crippen molar-refractivity contribution in [1.82, 2.24) is 5.32 Å². The summed E-state index contributed by atoms with van der Waals surface area (Å²) >= 11 is 0. The largest absolute Gasteiger partial charge is 0.444 e. The molecule has 2 atom stereocenters. The second-order valence-corrected chi connectivity index (χ2v) is 6.34. The number of benzene rings is 1. The summed E-state index contributed by atoms with van der Waals surface area (Å²) < 4.78 is 5.21. The molecule has 2 rings (SSSR count). The maximum atomic E-state index is 11.6. The van der Waals surface area contributed by atoms with Crippen LogP contribution in [0.2, 0.25) is 0 Å². The quantitative estimate of drug-likeness (QED) is 0.889. The van der Waals surface area contributed by atoms with Gasteiger partial charge in [0.15, 0.2) is 0 Å². The molecule has 0 radical (unpaired) electrons. The third kappa shape index (κ3) is 3.97. The Bertz CT molecular complexity index is 479. The highest BCUT2D eigenvalue weighted by molar-refractivity contribution is 5.67. The van der Waals surface area contributed by atoms with E-state index in [2.05, 4.69) is 11.4 Å². The van der Waals surface area contributed by atoms with Gasteiger partial charge in [0.05, 0.1) is 6.61 Å². The first kappa shape index (κ1) is 14.9. The second kappa shape index (κ2) is 5.83. The summed E-state index contributed by atoms with van der Waals surface area (Å²) in [5.41, 5.74) is 1.72. The Morgan fingerprint density at radius 2 is 2.10 bits per heavy atom. The van der Waals surface area contributed by atoms with Gasteiger partial charge in [-0.15, -0.1) is 0 Å². The fraction of sp³-hybridized carbons (Fsp3) is 0.562. The lowest BCUT2D eigenvalue weighted by Crippen LogP contribution is -2.33. The Labute approximate surface area is 120 Å². The number of alkyl carbamates (subject to hydrolysis) is 1. The number of carbonyl (C=O) groups is 1. The van der Waals surface area contributed by atoms with Crippen molar-refractivity contribution >= 4 is 6.09 Å². The van der Waals surface area contributed by atoms with E-state index in [1.54, 1.807) is 0 Å². The normalized spacial score (nSPS) is 21.4. The van der Waals surface area contributed by atoms with Crippen LogP contribution in [0, 0.1) is 5.92 Å². The third-order valence-corrected chi connectivity index (χ3v) is 3.45. The lowest BCUT2D eigenvalue weighted by atomic mass is 10.0. The fourth-order valence-corrected chi connectivity index (χ4v) is 2.42. The van der Waals surface area contributed by atoms with Gasteiger partial charge in [0, 0.05) is 6.54 Å². The molecule has 1 aromatic carbocycles. The molecule has 0 aliphatic heterocycles. The highest BCUT2D eigenvalue weighted by Gasteiger charge is 2.39. The van der Waals surface area contributed by atoms with Crippen LogP contribution in [-0.2, 0) is 11.3 Å². The van der Waals surface area contributed by atoms with Gasteiger partial charge in [0.2, 0.25) is 0 Å². The SMILES string of the molecule is CC(C)(C)OC(=O)NCC1CC1c1ccccc1CO. The molecule has 110 valence electrons. The van der Waals surface area contributed by atoms with Crippen LogP contribution in [0.5, 0.6) is 0 Å². The van der Waals surface area contributed by atoms with Crippen molar-refractivity contribution in [3.63, 3.8) is 0 Å². The monoisotopic (exact) mass is 277 g/mol. The van der Waals surface area contributed by atoms with E-state index in [1.165, 1.54) is 5.56 Å². The maximum absolute atomic E-state index is 11.6. The van der Waals surface area contributed by atoms with E-state index in [0.29, 0.717) is 18.4 Å². The van der Waals surface area contributed by atoms with Gasteiger partial charge in [-0.1, -0.05) is 24.3 Å². The van der Waals surface area contributed by atoms with Gasteiger partial charge < -0.3 is 15.2 Å². The van der Waals surface area contributed by atoms with Crippen LogP contribution in [0.1, 0.15) is 44.2 Å². The summed E-state index contributed by atoms with van der Waals surface area (Å²) in [4.78, 5) is 11.6. The fourth-order valence-electron chi connectivity index (χ4n) is 2.42. The minimum atomic E-state index is -0.462. The topological polar surface area (TPSA) is 58.6 Å². The maximum Gasteiger partial charge on any atom is 0.407 e. The van der Waals surface area contributed by atoms with Crippen molar-refractivity contribution in [3.05, 3.63) is 35.4 Å². The van der Waals surface area contributed by atoms with Gasteiger partial charge >= 0.3 is 6.09 Å². The van der Waals surface area contributed by atoms with Crippen LogP contribution in [0.25, 0.3) is 0 Å². The second-order valence-electron chi connectivity index (χ2n) is 6.34. The molecule has 2 unspecified atom stereocenters. The minimum absolute atomic E-state index is 0.0683. The molecule has 0 spiro atoms. The number of carbonyl (C=O) groups excluding carboxylic acids is 1. The average Bonchev–Trinajstić information content (AvgIpc) is 3.13. The highest BCUT2D eigenvalue weighted by atomic mass is 16.6. The number of amides is 1. The molecule has 4 heteroatoms. The highest BCUT2D eigenvalue weighted by Crippen LogP contribution is 2.48. The molecule has 4 nitrogen and oxygen atoms in total. The zero-order valence-corrected chi connectivity index (χ0v) is 12.3. The van der Waals surface area contributed by atoms with Crippen LogP contribution >= 0.6 is 0 Å². The molecule has 1 aliphatic rings. The van der Waals surface area contributed by atoms with E-state index < -0.39 is 5.60 Å². The van der Waals surface area contributed by atoms with Gasteiger partial charge in [0.1, 0.15) is 5.60 Å². The summed E-state index contributed by atoms with van der Waals surface area (Å²) in [5.74, 6) is 0.878.